The maximum absolute atomic E-state index is 12.9. The van der Waals surface area contributed by atoms with Crippen LogP contribution in [0.5, 0.6) is 0 Å². The lowest BCUT2D eigenvalue weighted by Crippen LogP contribution is -2.26. The number of carbonyl (C=O) groups is 1. The number of rotatable bonds is 2. The zero-order valence-corrected chi connectivity index (χ0v) is 11.7. The number of carbonyl (C=O) groups excluding carboxylic acids is 1. The smallest absolute Gasteiger partial charge is 0.258 e. The normalized spacial score (nSPS) is 10.8. The Morgan fingerprint density at radius 1 is 1.19 bits per heavy atom. The molecule has 106 valence electrons. The molecule has 0 aliphatic heterocycles. The molecule has 0 fully saturated rings. The van der Waals surface area contributed by atoms with E-state index in [0.717, 1.165) is 22.5 Å². The molecule has 0 unspecified atom stereocenters. The molecule has 4 nitrogen and oxygen atoms in total. The molecule has 3 rings (SSSR count). The lowest BCUT2D eigenvalue weighted by molar-refractivity contribution is 0.0993. The van der Waals surface area contributed by atoms with Gasteiger partial charge in [0.1, 0.15) is 11.6 Å². The van der Waals surface area contributed by atoms with E-state index in [1.165, 1.54) is 29.2 Å². The van der Waals surface area contributed by atoms with Crippen molar-refractivity contribution in [1.82, 2.24) is 9.97 Å². The molecular formula is C16H14FN3O. The second kappa shape index (κ2) is 5.01. The van der Waals surface area contributed by atoms with Gasteiger partial charge >= 0.3 is 0 Å². The van der Waals surface area contributed by atoms with Gasteiger partial charge in [-0.25, -0.2) is 9.37 Å². The highest BCUT2D eigenvalue weighted by atomic mass is 19.1. The first-order chi connectivity index (χ1) is 10.0. The summed E-state index contributed by atoms with van der Waals surface area (Å²) in [7, 11) is 1.69. The van der Waals surface area contributed by atoms with Crippen LogP contribution >= 0.6 is 0 Å². The van der Waals surface area contributed by atoms with Crippen molar-refractivity contribution < 1.29 is 9.18 Å². The van der Waals surface area contributed by atoms with E-state index in [1.807, 2.05) is 25.1 Å². The summed E-state index contributed by atoms with van der Waals surface area (Å²) in [5.41, 5.74) is 2.93. The summed E-state index contributed by atoms with van der Waals surface area (Å²) < 4.78 is 12.9. The van der Waals surface area contributed by atoms with Gasteiger partial charge in [-0.05, 0) is 49.4 Å². The Balaban J connectivity index is 1.93. The Hall–Kier alpha value is -2.69. The van der Waals surface area contributed by atoms with Gasteiger partial charge in [-0.3, -0.25) is 4.79 Å². The second-order valence-corrected chi connectivity index (χ2v) is 4.89. The minimum atomic E-state index is -0.358. The molecule has 21 heavy (non-hydrogen) atoms. The third-order valence-electron chi connectivity index (χ3n) is 3.37. The topological polar surface area (TPSA) is 49.0 Å². The molecule has 0 saturated heterocycles. The first-order valence-corrected chi connectivity index (χ1v) is 6.54. The molecule has 1 N–H and O–H groups in total. The Labute approximate surface area is 121 Å². The van der Waals surface area contributed by atoms with Crippen molar-refractivity contribution in [2.75, 3.05) is 11.9 Å². The molecule has 5 heteroatoms. The summed E-state index contributed by atoms with van der Waals surface area (Å²) in [6, 6.07) is 11.1. The van der Waals surface area contributed by atoms with E-state index in [-0.39, 0.29) is 11.7 Å². The first-order valence-electron chi connectivity index (χ1n) is 6.54. The number of aryl methyl sites for hydroxylation is 1. The summed E-state index contributed by atoms with van der Waals surface area (Å²) in [4.78, 5) is 21.4. The summed E-state index contributed by atoms with van der Waals surface area (Å²) in [6.45, 7) is 1.88. The lowest BCUT2D eigenvalue weighted by atomic mass is 10.2. The zero-order chi connectivity index (χ0) is 15.0. The fourth-order valence-electron chi connectivity index (χ4n) is 2.24. The van der Waals surface area contributed by atoms with E-state index < -0.39 is 0 Å². The van der Waals surface area contributed by atoms with Crippen molar-refractivity contribution in [2.24, 2.45) is 0 Å². The number of benzene rings is 2. The first kappa shape index (κ1) is 13.3. The third kappa shape index (κ3) is 2.50. The van der Waals surface area contributed by atoms with E-state index in [4.69, 9.17) is 0 Å². The lowest BCUT2D eigenvalue weighted by Gasteiger charge is -2.17. The summed E-state index contributed by atoms with van der Waals surface area (Å²) in [5.74, 6) is 0.281. The van der Waals surface area contributed by atoms with Gasteiger partial charge in [0, 0.05) is 18.3 Å². The van der Waals surface area contributed by atoms with Gasteiger partial charge in [-0.1, -0.05) is 0 Å². The van der Waals surface area contributed by atoms with Gasteiger partial charge in [0.25, 0.3) is 5.91 Å². The fraction of sp³-hybridized carbons (Fsp3) is 0.125. The molecule has 0 spiro atoms. The Bertz CT molecular complexity index is 808. The van der Waals surface area contributed by atoms with Crippen molar-refractivity contribution in [3.8, 4) is 0 Å². The number of anilines is 1. The number of halogens is 1. The van der Waals surface area contributed by atoms with Crippen LogP contribution in [0.25, 0.3) is 11.0 Å². The summed E-state index contributed by atoms with van der Waals surface area (Å²) in [6.07, 6.45) is 0. The van der Waals surface area contributed by atoms with Crippen LogP contribution in [0.2, 0.25) is 0 Å². The maximum atomic E-state index is 12.9. The number of amides is 1. The van der Waals surface area contributed by atoms with Gasteiger partial charge in [-0.2, -0.15) is 0 Å². The molecule has 3 aromatic rings. The van der Waals surface area contributed by atoms with Gasteiger partial charge in [0.15, 0.2) is 0 Å². The number of hydrogen-bond donors (Lipinski definition) is 1. The number of nitrogens with one attached hydrogen (secondary N) is 1. The van der Waals surface area contributed by atoms with Crippen LogP contribution in [0.3, 0.4) is 0 Å². The number of aromatic nitrogens is 2. The van der Waals surface area contributed by atoms with Crippen molar-refractivity contribution in [2.45, 2.75) is 6.92 Å². The predicted molar refractivity (Wildman–Crippen MR) is 80.0 cm³/mol. The average Bonchev–Trinajstić information content (AvgIpc) is 2.85. The van der Waals surface area contributed by atoms with E-state index in [0.29, 0.717) is 5.56 Å². The van der Waals surface area contributed by atoms with Crippen LogP contribution < -0.4 is 4.90 Å². The van der Waals surface area contributed by atoms with Crippen molar-refractivity contribution in [3.05, 3.63) is 59.7 Å². The molecular weight excluding hydrogens is 269 g/mol. The van der Waals surface area contributed by atoms with E-state index in [9.17, 15) is 9.18 Å². The highest BCUT2D eigenvalue weighted by Gasteiger charge is 2.14. The number of aromatic amines is 1. The zero-order valence-electron chi connectivity index (χ0n) is 11.7. The maximum Gasteiger partial charge on any atom is 0.258 e. The number of nitrogens with zero attached hydrogens (tertiary/aromatic N) is 2. The van der Waals surface area contributed by atoms with E-state index >= 15 is 0 Å². The quantitative estimate of drug-likeness (QED) is 0.784. The van der Waals surface area contributed by atoms with Gasteiger partial charge < -0.3 is 9.88 Å². The molecule has 1 amide bonds. The van der Waals surface area contributed by atoms with Crippen LogP contribution in [0.1, 0.15) is 16.2 Å². The van der Waals surface area contributed by atoms with Crippen LogP contribution in [-0.4, -0.2) is 22.9 Å². The van der Waals surface area contributed by atoms with Crippen molar-refractivity contribution in [3.63, 3.8) is 0 Å². The molecule has 0 radical (unpaired) electrons. The Morgan fingerprint density at radius 2 is 1.90 bits per heavy atom. The molecule has 0 bridgehead atoms. The van der Waals surface area contributed by atoms with Crippen LogP contribution in [0, 0.1) is 12.7 Å². The van der Waals surface area contributed by atoms with Crippen molar-refractivity contribution in [1.29, 1.82) is 0 Å². The predicted octanol–water partition coefficient (Wildman–Crippen LogP) is 3.29. The monoisotopic (exact) mass is 283 g/mol. The molecule has 0 aliphatic rings. The third-order valence-corrected chi connectivity index (χ3v) is 3.37. The molecule has 0 aliphatic carbocycles. The van der Waals surface area contributed by atoms with Gasteiger partial charge in [0.05, 0.1) is 11.0 Å². The van der Waals surface area contributed by atoms with E-state index in [1.54, 1.807) is 7.05 Å². The molecule has 1 heterocycles. The SMILES string of the molecule is Cc1nc2ccc(N(C)C(=O)c3ccc(F)cc3)cc2[nH]1. The highest BCUT2D eigenvalue weighted by Crippen LogP contribution is 2.21. The molecule has 0 saturated carbocycles. The second-order valence-electron chi connectivity index (χ2n) is 4.89. The Kier molecular flexibility index (Phi) is 3.17. The number of H-pyrrole nitrogens is 1. The van der Waals surface area contributed by atoms with Crippen LogP contribution in [-0.2, 0) is 0 Å². The number of imidazole rings is 1. The van der Waals surface area contributed by atoms with Crippen LogP contribution in [0.15, 0.2) is 42.5 Å². The average molecular weight is 283 g/mol. The van der Waals surface area contributed by atoms with E-state index in [2.05, 4.69) is 9.97 Å². The van der Waals surface area contributed by atoms with Gasteiger partial charge in [-0.15, -0.1) is 0 Å². The highest BCUT2D eigenvalue weighted by molar-refractivity contribution is 6.06. The minimum absolute atomic E-state index is 0.189. The fourth-order valence-corrected chi connectivity index (χ4v) is 2.24. The summed E-state index contributed by atoms with van der Waals surface area (Å²) in [5, 5.41) is 0. The number of fused-ring (bicyclic) bond motifs is 1. The molecule has 0 atom stereocenters. The molecule has 2 aromatic carbocycles. The van der Waals surface area contributed by atoms with Gasteiger partial charge in [0.2, 0.25) is 0 Å². The molecule has 1 aromatic heterocycles. The van der Waals surface area contributed by atoms with Crippen LogP contribution in [0.4, 0.5) is 10.1 Å². The van der Waals surface area contributed by atoms with Crippen molar-refractivity contribution >= 4 is 22.6 Å². The standard InChI is InChI=1S/C16H14FN3O/c1-10-18-14-8-7-13(9-15(14)19-10)20(2)16(21)11-3-5-12(17)6-4-11/h3-9H,1-2H3,(H,18,19). The minimum Gasteiger partial charge on any atom is -0.342 e. The number of hydrogen-bond acceptors (Lipinski definition) is 2. The largest absolute Gasteiger partial charge is 0.342 e. The summed E-state index contributed by atoms with van der Waals surface area (Å²) >= 11 is 0. The Morgan fingerprint density at radius 3 is 2.62 bits per heavy atom.